The fourth-order valence-electron chi connectivity index (χ4n) is 2.59. The molecule has 1 aromatic rings. The number of halogens is 4. The summed E-state index contributed by atoms with van der Waals surface area (Å²) in [6.07, 6.45) is -6.84. The molecule has 1 aliphatic rings. The topological polar surface area (TPSA) is 111 Å². The number of aliphatic imine (C=N–C) groups is 1. The van der Waals surface area contributed by atoms with Gasteiger partial charge in [-0.05, 0) is 23.8 Å². The predicted molar refractivity (Wildman–Crippen MR) is 76.7 cm³/mol. The van der Waals surface area contributed by atoms with E-state index in [1.165, 1.54) is 18.2 Å². The lowest BCUT2D eigenvalue weighted by Crippen LogP contribution is -2.44. The number of nitrogens with one attached hydrogen (secondary N) is 1. The molecule has 6 nitrogen and oxygen atoms in total. The minimum atomic E-state index is -4.64. The van der Waals surface area contributed by atoms with Crippen molar-refractivity contribution in [2.45, 2.75) is 24.6 Å². The SMILES string of the molecule is NC(N)=NC(=O)CC1(CC(F)(F)F)NC(=O)c2ccc(Cl)cc21. The number of benzene rings is 1. The summed E-state index contributed by atoms with van der Waals surface area (Å²) in [6.45, 7) is 0. The number of nitrogens with zero attached hydrogens (tertiary/aromatic N) is 1. The van der Waals surface area contributed by atoms with Crippen LogP contribution in [0, 0.1) is 0 Å². The van der Waals surface area contributed by atoms with E-state index in [0.717, 1.165) is 0 Å². The van der Waals surface area contributed by atoms with Crippen LogP contribution < -0.4 is 16.8 Å². The van der Waals surface area contributed by atoms with Crippen LogP contribution in [0.5, 0.6) is 0 Å². The number of rotatable bonds is 3. The van der Waals surface area contributed by atoms with Gasteiger partial charge in [-0.25, -0.2) is 0 Å². The van der Waals surface area contributed by atoms with E-state index in [9.17, 15) is 22.8 Å². The van der Waals surface area contributed by atoms with E-state index in [2.05, 4.69) is 10.3 Å². The quantitative estimate of drug-likeness (QED) is 0.566. The van der Waals surface area contributed by atoms with Crippen LogP contribution in [0.4, 0.5) is 13.2 Å². The molecule has 1 unspecified atom stereocenters. The Hall–Kier alpha value is -2.29. The van der Waals surface area contributed by atoms with Gasteiger partial charge < -0.3 is 16.8 Å². The highest BCUT2D eigenvalue weighted by atomic mass is 35.5. The van der Waals surface area contributed by atoms with Gasteiger partial charge in [0.15, 0.2) is 5.96 Å². The average Bonchev–Trinajstić information content (AvgIpc) is 2.58. The van der Waals surface area contributed by atoms with Crippen LogP contribution in [-0.2, 0) is 10.3 Å². The van der Waals surface area contributed by atoms with E-state index >= 15 is 0 Å². The zero-order valence-electron chi connectivity index (χ0n) is 11.6. The summed E-state index contributed by atoms with van der Waals surface area (Å²) in [4.78, 5) is 27.0. The van der Waals surface area contributed by atoms with Crippen molar-refractivity contribution < 1.29 is 22.8 Å². The summed E-state index contributed by atoms with van der Waals surface area (Å²) in [5.41, 5.74) is 8.14. The molecule has 0 radical (unpaired) electrons. The van der Waals surface area contributed by atoms with Crippen molar-refractivity contribution in [2.24, 2.45) is 16.5 Å². The molecule has 0 bridgehead atoms. The first-order valence-corrected chi connectivity index (χ1v) is 6.72. The van der Waals surface area contributed by atoms with Crippen LogP contribution in [0.3, 0.4) is 0 Å². The number of amides is 2. The number of hydrogen-bond acceptors (Lipinski definition) is 2. The molecule has 0 aliphatic carbocycles. The Kier molecular flexibility index (Phi) is 4.25. The Morgan fingerprint density at radius 3 is 2.57 bits per heavy atom. The Morgan fingerprint density at radius 1 is 1.35 bits per heavy atom. The first-order valence-electron chi connectivity index (χ1n) is 6.34. The van der Waals surface area contributed by atoms with Crippen molar-refractivity contribution in [1.29, 1.82) is 0 Å². The molecule has 0 aromatic heterocycles. The van der Waals surface area contributed by atoms with E-state index < -0.39 is 42.3 Å². The summed E-state index contributed by atoms with van der Waals surface area (Å²) in [7, 11) is 0. The zero-order chi connectivity index (χ0) is 17.4. The first-order chi connectivity index (χ1) is 10.5. The summed E-state index contributed by atoms with van der Waals surface area (Å²) in [5.74, 6) is -2.28. The Labute approximate surface area is 133 Å². The largest absolute Gasteiger partial charge is 0.391 e. The van der Waals surface area contributed by atoms with Crippen LogP contribution in [0.15, 0.2) is 23.2 Å². The van der Waals surface area contributed by atoms with Crippen LogP contribution in [0.2, 0.25) is 5.02 Å². The Morgan fingerprint density at radius 2 is 2.00 bits per heavy atom. The molecule has 0 spiro atoms. The average molecular weight is 349 g/mol. The molecular formula is C13H12ClF3N4O2. The van der Waals surface area contributed by atoms with Crippen molar-refractivity contribution in [3.8, 4) is 0 Å². The summed E-state index contributed by atoms with van der Waals surface area (Å²) in [5, 5.41) is 2.37. The first kappa shape index (κ1) is 17.1. The predicted octanol–water partition coefficient (Wildman–Crippen LogP) is 1.42. The van der Waals surface area contributed by atoms with Gasteiger partial charge in [0.25, 0.3) is 11.8 Å². The molecule has 10 heteroatoms. The Bertz CT molecular complexity index is 701. The molecule has 1 aromatic carbocycles. The van der Waals surface area contributed by atoms with Gasteiger partial charge in [-0.3, -0.25) is 9.59 Å². The Balaban J connectivity index is 2.53. The van der Waals surface area contributed by atoms with Crippen molar-refractivity contribution in [3.63, 3.8) is 0 Å². The lowest BCUT2D eigenvalue weighted by atomic mass is 9.84. The van der Waals surface area contributed by atoms with E-state index in [0.29, 0.717) is 0 Å². The highest BCUT2D eigenvalue weighted by Crippen LogP contribution is 2.43. The monoisotopic (exact) mass is 348 g/mol. The van der Waals surface area contributed by atoms with Gasteiger partial charge in [0.05, 0.1) is 18.4 Å². The van der Waals surface area contributed by atoms with E-state index in [1.807, 2.05) is 0 Å². The van der Waals surface area contributed by atoms with Crippen LogP contribution in [0.1, 0.15) is 28.8 Å². The molecule has 1 heterocycles. The fraction of sp³-hybridized carbons (Fsp3) is 0.308. The normalized spacial score (nSPS) is 19.9. The number of hydrogen-bond donors (Lipinski definition) is 3. The molecule has 0 saturated heterocycles. The molecule has 2 rings (SSSR count). The number of carbonyl (C=O) groups excluding carboxylic acids is 2. The molecule has 2 amide bonds. The highest BCUT2D eigenvalue weighted by molar-refractivity contribution is 6.30. The third kappa shape index (κ3) is 3.73. The van der Waals surface area contributed by atoms with Crippen LogP contribution in [-0.4, -0.2) is 24.0 Å². The molecule has 0 saturated carbocycles. The van der Waals surface area contributed by atoms with Gasteiger partial charge in [0.1, 0.15) is 0 Å². The molecule has 23 heavy (non-hydrogen) atoms. The second kappa shape index (κ2) is 5.73. The second-order valence-electron chi connectivity index (χ2n) is 5.13. The van der Waals surface area contributed by atoms with E-state index in [4.69, 9.17) is 23.1 Å². The fourth-order valence-corrected chi connectivity index (χ4v) is 2.76. The summed E-state index contributed by atoms with van der Waals surface area (Å²) >= 11 is 5.82. The molecule has 5 N–H and O–H groups in total. The third-order valence-corrected chi connectivity index (χ3v) is 3.54. The number of fused-ring (bicyclic) bond motifs is 1. The van der Waals surface area contributed by atoms with Gasteiger partial charge >= 0.3 is 6.18 Å². The van der Waals surface area contributed by atoms with Gasteiger partial charge in [0, 0.05) is 10.6 Å². The van der Waals surface area contributed by atoms with E-state index in [1.54, 1.807) is 0 Å². The zero-order valence-corrected chi connectivity index (χ0v) is 12.3. The number of nitrogens with two attached hydrogens (primary N) is 2. The van der Waals surface area contributed by atoms with Gasteiger partial charge in [-0.15, -0.1) is 0 Å². The lowest BCUT2D eigenvalue weighted by molar-refractivity contribution is -0.152. The third-order valence-electron chi connectivity index (χ3n) is 3.30. The van der Waals surface area contributed by atoms with Crippen molar-refractivity contribution >= 4 is 29.4 Å². The minimum absolute atomic E-state index is 0.00790. The van der Waals surface area contributed by atoms with Gasteiger partial charge in [-0.1, -0.05) is 11.6 Å². The summed E-state index contributed by atoms with van der Waals surface area (Å²) in [6, 6.07) is 3.90. The van der Waals surface area contributed by atoms with Gasteiger partial charge in [-0.2, -0.15) is 18.2 Å². The standard InChI is InChI=1S/C13H12ClF3N4O2/c14-6-1-2-7-8(3-6)12(21-10(7)23,5-13(15,16)17)4-9(22)20-11(18)19/h1-3H,4-5H2,(H,21,23)(H4,18,19,20,22). The van der Waals surface area contributed by atoms with Crippen molar-refractivity contribution in [2.75, 3.05) is 0 Å². The van der Waals surface area contributed by atoms with Crippen LogP contribution >= 0.6 is 11.6 Å². The van der Waals surface area contributed by atoms with Gasteiger partial charge in [0.2, 0.25) is 0 Å². The maximum atomic E-state index is 13.0. The molecular weight excluding hydrogens is 337 g/mol. The van der Waals surface area contributed by atoms with Crippen molar-refractivity contribution in [1.82, 2.24) is 5.32 Å². The molecule has 0 fully saturated rings. The minimum Gasteiger partial charge on any atom is -0.370 e. The van der Waals surface area contributed by atoms with Crippen LogP contribution in [0.25, 0.3) is 0 Å². The summed E-state index contributed by atoms with van der Waals surface area (Å²) < 4.78 is 39.0. The lowest BCUT2D eigenvalue weighted by Gasteiger charge is -2.30. The number of guanidine groups is 1. The molecule has 124 valence electrons. The molecule has 1 atom stereocenters. The maximum Gasteiger partial charge on any atom is 0.391 e. The highest BCUT2D eigenvalue weighted by Gasteiger charge is 2.51. The van der Waals surface area contributed by atoms with Crippen molar-refractivity contribution in [3.05, 3.63) is 34.3 Å². The number of carbonyl (C=O) groups is 2. The smallest absolute Gasteiger partial charge is 0.370 e. The maximum absolute atomic E-state index is 13.0. The number of alkyl halides is 3. The second-order valence-corrected chi connectivity index (χ2v) is 5.56. The molecule has 1 aliphatic heterocycles. The van der Waals surface area contributed by atoms with E-state index in [-0.39, 0.29) is 16.1 Å².